The van der Waals surface area contributed by atoms with Gasteiger partial charge in [0.05, 0.1) is 17.9 Å². The van der Waals surface area contributed by atoms with Crippen LogP contribution in [0.3, 0.4) is 0 Å². The summed E-state index contributed by atoms with van der Waals surface area (Å²) in [6, 6.07) is 14.7. The van der Waals surface area contributed by atoms with Crippen LogP contribution in [0.15, 0.2) is 69.7 Å². The zero-order chi connectivity index (χ0) is 32.1. The average Bonchev–Trinajstić information content (AvgIpc) is 3.25. The third-order valence-corrected chi connectivity index (χ3v) is 9.51. The smallest absolute Gasteiger partial charge is 0.455 e. The van der Waals surface area contributed by atoms with E-state index < -0.39 is 31.0 Å². The Balaban J connectivity index is 1.38. The Morgan fingerprint density at radius 3 is 2.62 bits per heavy atom. The summed E-state index contributed by atoms with van der Waals surface area (Å²) in [5, 5.41) is 30.1. The first-order chi connectivity index (χ1) is 21.6. The monoisotopic (exact) mass is 679 g/mol. The largest absolute Gasteiger partial charge is 0.507 e. The number of phenols is 1. The van der Waals surface area contributed by atoms with E-state index in [4.69, 9.17) is 14.5 Å². The van der Waals surface area contributed by atoms with Crippen LogP contribution in [0.4, 0.5) is 0 Å². The minimum atomic E-state index is -1.08. The van der Waals surface area contributed by atoms with Crippen LogP contribution in [0, 0.1) is 17.8 Å². The van der Waals surface area contributed by atoms with Gasteiger partial charge in [0.2, 0.25) is 11.8 Å². The number of rotatable bonds is 13. The molecule has 4 atom stereocenters. The number of carbonyl (C=O) groups excluding carboxylic acids is 2. The van der Waals surface area contributed by atoms with Crippen LogP contribution in [0.25, 0.3) is 6.08 Å². The molecule has 0 saturated carbocycles. The van der Waals surface area contributed by atoms with Gasteiger partial charge in [-0.15, -0.1) is 0 Å². The van der Waals surface area contributed by atoms with Crippen molar-refractivity contribution < 1.29 is 39.0 Å². The van der Waals surface area contributed by atoms with Crippen LogP contribution in [0.5, 0.6) is 11.5 Å². The maximum Gasteiger partial charge on any atom is 0.455 e. The lowest BCUT2D eigenvalue weighted by Crippen LogP contribution is -2.46. The minimum Gasteiger partial charge on any atom is -0.507 e. The number of hydrogen-bond donors (Lipinski definition) is 3. The molecule has 2 aromatic rings. The van der Waals surface area contributed by atoms with Crippen LogP contribution >= 0.6 is 15.9 Å². The first kappa shape index (κ1) is 33.0. The standard InChI is InChI=1S/C34H39BBrNO8/c1-21(16-22-17-24(36)12-13-28(22)38)11-14-29-31-23(20-44-25-8-4-2-5-9-25)18-26-32(27(31)19-35(43)45-29)34(42)37(33(26)41)15-7-3-6-10-30(39)40/h2,4-5,8-9,12-13,16-17,26-27,29,32,38,43H,3,6-7,10-11,14-15,18-20H2,1H3,(H,39,40)/b21-16+/t26-,27+,29-,32-/m1/s1. The molecule has 0 unspecified atom stereocenters. The lowest BCUT2D eigenvalue weighted by Gasteiger charge is -2.43. The van der Waals surface area contributed by atoms with E-state index in [2.05, 4.69) is 15.9 Å². The molecule has 0 bridgehead atoms. The Hall–Kier alpha value is -3.41. The van der Waals surface area contributed by atoms with Gasteiger partial charge < -0.3 is 24.6 Å². The number of halogens is 1. The number of carbonyl (C=O) groups is 3. The van der Waals surface area contributed by atoms with Crippen molar-refractivity contribution in [2.45, 2.75) is 64.3 Å². The molecule has 2 heterocycles. The van der Waals surface area contributed by atoms with Gasteiger partial charge in [-0.05, 0) is 92.7 Å². The van der Waals surface area contributed by atoms with E-state index in [1.807, 2.05) is 49.4 Å². The number of likely N-dealkylation sites (tertiary alicyclic amines) is 1. The highest BCUT2D eigenvalue weighted by atomic mass is 79.9. The fraction of sp³-hybridized carbons (Fsp3) is 0.441. The summed E-state index contributed by atoms with van der Waals surface area (Å²) in [6.07, 6.45) is 4.93. The quantitative estimate of drug-likeness (QED) is 0.104. The number of imide groups is 1. The van der Waals surface area contributed by atoms with Gasteiger partial charge in [0.1, 0.15) is 18.1 Å². The van der Waals surface area contributed by atoms with Gasteiger partial charge in [0.25, 0.3) is 0 Å². The summed E-state index contributed by atoms with van der Waals surface area (Å²) in [6.45, 7) is 2.48. The van der Waals surface area contributed by atoms with Gasteiger partial charge in [-0.2, -0.15) is 0 Å². The maximum absolute atomic E-state index is 13.8. The van der Waals surface area contributed by atoms with Crippen LogP contribution in [-0.4, -0.2) is 64.3 Å². The second-order valence-electron chi connectivity index (χ2n) is 12.2. The van der Waals surface area contributed by atoms with E-state index in [1.54, 1.807) is 12.1 Å². The molecule has 0 radical (unpaired) electrons. The van der Waals surface area contributed by atoms with Crippen molar-refractivity contribution in [1.29, 1.82) is 0 Å². The van der Waals surface area contributed by atoms with E-state index >= 15 is 0 Å². The molecule has 0 spiro atoms. The summed E-state index contributed by atoms with van der Waals surface area (Å²) in [7, 11) is -1.08. The Labute approximate surface area is 272 Å². The third kappa shape index (κ3) is 7.88. The topological polar surface area (TPSA) is 134 Å². The lowest BCUT2D eigenvalue weighted by atomic mass is 9.58. The Morgan fingerprint density at radius 2 is 1.87 bits per heavy atom. The molecule has 2 amide bonds. The number of nitrogens with zero attached hydrogens (tertiary/aromatic N) is 1. The molecular weight excluding hydrogens is 641 g/mol. The van der Waals surface area contributed by atoms with Gasteiger partial charge >= 0.3 is 13.1 Å². The van der Waals surface area contributed by atoms with E-state index in [0.717, 1.165) is 21.2 Å². The van der Waals surface area contributed by atoms with Crippen LogP contribution in [-0.2, 0) is 19.0 Å². The summed E-state index contributed by atoms with van der Waals surface area (Å²) >= 11 is 3.45. The predicted molar refractivity (Wildman–Crippen MR) is 173 cm³/mol. The number of aromatic hydroxyl groups is 1. The van der Waals surface area contributed by atoms with Crippen molar-refractivity contribution in [2.24, 2.45) is 17.8 Å². The number of carboxylic acids is 1. The van der Waals surface area contributed by atoms with Crippen molar-refractivity contribution in [2.75, 3.05) is 13.2 Å². The molecule has 45 heavy (non-hydrogen) atoms. The normalized spacial score (nSPS) is 23.3. The minimum absolute atomic E-state index is 0.0608. The van der Waals surface area contributed by atoms with Gasteiger partial charge in [-0.3, -0.25) is 19.3 Å². The number of fused-ring (bicyclic) bond motifs is 3. The van der Waals surface area contributed by atoms with E-state index in [0.29, 0.717) is 49.8 Å². The van der Waals surface area contributed by atoms with E-state index in [-0.39, 0.29) is 49.4 Å². The average molecular weight is 680 g/mol. The van der Waals surface area contributed by atoms with Gasteiger partial charge in [0, 0.05) is 23.0 Å². The fourth-order valence-corrected chi connectivity index (χ4v) is 7.31. The Kier molecular flexibility index (Phi) is 10.8. The SMILES string of the molecule is C/C(=C\c1cc(Br)ccc1O)CC[C@H]1OB(O)C[C@H]2C1=C(COc1ccccc1)C[C@H]1C(=O)N(CCCCCC(=O)O)C(=O)[C@H]12. The van der Waals surface area contributed by atoms with Crippen molar-refractivity contribution in [3.8, 4) is 11.5 Å². The van der Waals surface area contributed by atoms with E-state index in [9.17, 15) is 24.5 Å². The van der Waals surface area contributed by atoms with Crippen LogP contribution in [0.2, 0.25) is 6.32 Å². The number of hydrogen-bond acceptors (Lipinski definition) is 7. The number of ether oxygens (including phenoxy) is 1. The van der Waals surface area contributed by atoms with Gasteiger partial charge in [-0.25, -0.2) is 0 Å². The molecule has 1 aliphatic carbocycles. The zero-order valence-corrected chi connectivity index (χ0v) is 26.9. The molecular formula is C34H39BBrNO8. The van der Waals surface area contributed by atoms with Crippen molar-refractivity contribution in [3.63, 3.8) is 0 Å². The molecule has 5 rings (SSSR count). The number of allylic oxidation sites excluding steroid dienone is 1. The number of unbranched alkanes of at least 4 members (excludes halogenated alkanes) is 2. The zero-order valence-electron chi connectivity index (χ0n) is 25.4. The molecule has 0 aromatic heterocycles. The molecule has 3 N–H and O–H groups in total. The first-order valence-electron chi connectivity index (χ1n) is 15.6. The second-order valence-corrected chi connectivity index (χ2v) is 13.1. The number of carboxylic acid groups (broad SMARTS) is 1. The van der Waals surface area contributed by atoms with Crippen molar-refractivity contribution in [1.82, 2.24) is 4.90 Å². The van der Waals surface area contributed by atoms with Gasteiger partial charge in [0.15, 0.2) is 0 Å². The third-order valence-electron chi connectivity index (χ3n) is 9.02. The van der Waals surface area contributed by atoms with Crippen molar-refractivity contribution >= 4 is 46.9 Å². The molecule has 2 aliphatic heterocycles. The molecule has 238 valence electrons. The number of phenolic OH excluding ortho intramolecular Hbond substituents is 1. The number of para-hydroxylation sites is 1. The first-order valence-corrected chi connectivity index (χ1v) is 16.4. The molecule has 2 aromatic carbocycles. The predicted octanol–water partition coefficient (Wildman–Crippen LogP) is 5.86. The summed E-state index contributed by atoms with van der Waals surface area (Å²) in [4.78, 5) is 39.7. The fourth-order valence-electron chi connectivity index (χ4n) is 6.93. The highest BCUT2D eigenvalue weighted by molar-refractivity contribution is 9.10. The molecule has 2 saturated heterocycles. The number of aliphatic carboxylic acids is 1. The number of amides is 2. The molecule has 3 aliphatic rings. The van der Waals surface area contributed by atoms with Gasteiger partial charge in [-0.1, -0.05) is 52.2 Å². The summed E-state index contributed by atoms with van der Waals surface area (Å²) in [5.74, 6) is -1.88. The number of benzene rings is 2. The Bertz CT molecular complexity index is 1480. The van der Waals surface area contributed by atoms with Crippen LogP contribution in [0.1, 0.15) is 57.4 Å². The Morgan fingerprint density at radius 1 is 1.09 bits per heavy atom. The van der Waals surface area contributed by atoms with Crippen molar-refractivity contribution in [3.05, 3.63) is 75.3 Å². The summed E-state index contributed by atoms with van der Waals surface area (Å²) in [5.41, 5.74) is 3.58. The molecule has 11 heteroatoms. The van der Waals surface area contributed by atoms with Crippen LogP contribution < -0.4 is 4.74 Å². The second kappa shape index (κ2) is 14.8. The molecule has 9 nitrogen and oxygen atoms in total. The summed E-state index contributed by atoms with van der Waals surface area (Å²) < 4.78 is 13.2. The lowest BCUT2D eigenvalue weighted by molar-refractivity contribution is -0.141. The molecule has 2 fully saturated rings. The highest BCUT2D eigenvalue weighted by Crippen LogP contribution is 2.50. The maximum atomic E-state index is 13.8. The van der Waals surface area contributed by atoms with E-state index in [1.165, 1.54) is 4.90 Å². The highest BCUT2D eigenvalue weighted by Gasteiger charge is 2.57.